The molecule has 1 heterocycles. The summed E-state index contributed by atoms with van der Waals surface area (Å²) in [5.41, 5.74) is 0.363. The van der Waals surface area contributed by atoms with Gasteiger partial charge in [-0.05, 0) is 54.6 Å². The summed E-state index contributed by atoms with van der Waals surface area (Å²) in [6, 6.07) is 13.1. The van der Waals surface area contributed by atoms with Gasteiger partial charge in [-0.3, -0.25) is 9.78 Å². The lowest BCUT2D eigenvalue weighted by atomic mass is 10.1. The van der Waals surface area contributed by atoms with E-state index in [0.717, 1.165) is 6.07 Å². The Morgan fingerprint density at radius 1 is 1.00 bits per heavy atom. The van der Waals surface area contributed by atoms with Crippen molar-refractivity contribution in [1.82, 2.24) is 4.98 Å². The number of carbonyl (C=O) groups excluding carboxylic acids is 1. The van der Waals surface area contributed by atoms with Crippen molar-refractivity contribution >= 4 is 34.6 Å². The molecule has 138 valence electrons. The van der Waals surface area contributed by atoms with Crippen molar-refractivity contribution in [3.8, 4) is 0 Å². The van der Waals surface area contributed by atoms with Gasteiger partial charge >= 0.3 is 6.18 Å². The molecule has 0 aliphatic heterocycles. The van der Waals surface area contributed by atoms with E-state index in [2.05, 4.69) is 15.6 Å². The van der Waals surface area contributed by atoms with Crippen LogP contribution in [0.4, 0.5) is 30.2 Å². The third-order valence-electron chi connectivity index (χ3n) is 3.63. The lowest BCUT2D eigenvalue weighted by Crippen LogP contribution is -2.12. The van der Waals surface area contributed by atoms with Gasteiger partial charge in [0.25, 0.3) is 5.91 Å². The lowest BCUT2D eigenvalue weighted by Gasteiger charge is -2.15. The van der Waals surface area contributed by atoms with E-state index in [1.807, 2.05) is 0 Å². The van der Waals surface area contributed by atoms with E-state index in [1.165, 1.54) is 18.3 Å². The second-order valence-electron chi connectivity index (χ2n) is 5.59. The highest BCUT2D eigenvalue weighted by Gasteiger charge is 2.33. The van der Waals surface area contributed by atoms with Gasteiger partial charge in [0.1, 0.15) is 0 Å². The molecule has 3 aromatic rings. The minimum absolute atomic E-state index is 0.00124. The summed E-state index contributed by atoms with van der Waals surface area (Å²) in [5, 5.41) is 5.41. The SMILES string of the molecule is O=C(Nc1ccc(Nc2ccc(Cl)cc2C(F)(F)F)cc1)c1cccnc1. The molecule has 1 amide bonds. The Morgan fingerprint density at radius 2 is 1.70 bits per heavy atom. The molecular formula is C19H13ClF3N3O. The predicted molar refractivity (Wildman–Crippen MR) is 98.4 cm³/mol. The summed E-state index contributed by atoms with van der Waals surface area (Å²) in [4.78, 5) is 15.9. The lowest BCUT2D eigenvalue weighted by molar-refractivity contribution is -0.136. The number of nitrogens with zero attached hydrogens (tertiary/aromatic N) is 1. The number of rotatable bonds is 4. The number of alkyl halides is 3. The maximum absolute atomic E-state index is 13.1. The number of carbonyl (C=O) groups is 1. The zero-order valence-electron chi connectivity index (χ0n) is 13.7. The molecule has 0 aliphatic rings. The molecule has 4 nitrogen and oxygen atoms in total. The number of hydrogen-bond acceptors (Lipinski definition) is 3. The van der Waals surface area contributed by atoms with Gasteiger partial charge in [0.15, 0.2) is 0 Å². The third-order valence-corrected chi connectivity index (χ3v) is 3.87. The average Bonchev–Trinajstić information content (AvgIpc) is 2.64. The quantitative estimate of drug-likeness (QED) is 0.595. The van der Waals surface area contributed by atoms with Gasteiger partial charge in [-0.1, -0.05) is 11.6 Å². The molecule has 0 saturated heterocycles. The number of aromatic nitrogens is 1. The van der Waals surface area contributed by atoms with Gasteiger partial charge in [0.05, 0.1) is 16.8 Å². The van der Waals surface area contributed by atoms with Gasteiger partial charge in [-0.25, -0.2) is 0 Å². The van der Waals surface area contributed by atoms with E-state index in [-0.39, 0.29) is 16.6 Å². The maximum Gasteiger partial charge on any atom is 0.418 e. The fourth-order valence-corrected chi connectivity index (χ4v) is 2.52. The molecule has 1 aromatic heterocycles. The molecule has 0 aliphatic carbocycles. The molecule has 0 bridgehead atoms. The number of anilines is 3. The first-order valence-electron chi connectivity index (χ1n) is 7.78. The number of amides is 1. The molecule has 0 spiro atoms. The van der Waals surface area contributed by atoms with Crippen LogP contribution in [0.3, 0.4) is 0 Å². The molecule has 27 heavy (non-hydrogen) atoms. The van der Waals surface area contributed by atoms with E-state index in [4.69, 9.17) is 11.6 Å². The standard InChI is InChI=1S/C19H13ClF3N3O/c20-13-3-8-17(16(10-13)19(21,22)23)25-14-4-6-15(7-5-14)26-18(27)12-2-1-9-24-11-12/h1-11,25H,(H,26,27). The van der Waals surface area contributed by atoms with Crippen LogP contribution in [0.2, 0.25) is 5.02 Å². The Balaban J connectivity index is 1.74. The Bertz CT molecular complexity index is 945. The first kappa shape index (κ1) is 18.7. The van der Waals surface area contributed by atoms with Crippen LogP contribution in [-0.4, -0.2) is 10.9 Å². The number of benzene rings is 2. The van der Waals surface area contributed by atoms with Gasteiger partial charge in [-0.15, -0.1) is 0 Å². The van der Waals surface area contributed by atoms with E-state index < -0.39 is 11.7 Å². The minimum atomic E-state index is -4.54. The van der Waals surface area contributed by atoms with Gasteiger partial charge in [0, 0.05) is 28.8 Å². The van der Waals surface area contributed by atoms with E-state index in [0.29, 0.717) is 16.9 Å². The van der Waals surface area contributed by atoms with Gasteiger partial charge in [-0.2, -0.15) is 13.2 Å². The number of nitrogens with one attached hydrogen (secondary N) is 2. The molecule has 0 fully saturated rings. The molecule has 2 aromatic carbocycles. The topological polar surface area (TPSA) is 54.0 Å². The predicted octanol–water partition coefficient (Wildman–Crippen LogP) is 5.75. The molecule has 0 unspecified atom stereocenters. The van der Waals surface area contributed by atoms with Crippen molar-refractivity contribution < 1.29 is 18.0 Å². The normalized spacial score (nSPS) is 11.1. The monoisotopic (exact) mass is 391 g/mol. The first-order valence-corrected chi connectivity index (χ1v) is 8.16. The summed E-state index contributed by atoms with van der Waals surface area (Å²) in [5.74, 6) is -0.333. The fraction of sp³-hybridized carbons (Fsp3) is 0.0526. The highest BCUT2D eigenvalue weighted by molar-refractivity contribution is 6.30. The van der Waals surface area contributed by atoms with Crippen LogP contribution < -0.4 is 10.6 Å². The highest BCUT2D eigenvalue weighted by Crippen LogP contribution is 2.37. The molecule has 0 atom stereocenters. The zero-order valence-corrected chi connectivity index (χ0v) is 14.5. The van der Waals surface area contributed by atoms with Gasteiger partial charge < -0.3 is 10.6 Å². The Hall–Kier alpha value is -3.06. The maximum atomic E-state index is 13.1. The molecular weight excluding hydrogens is 379 g/mol. The second kappa shape index (κ2) is 7.67. The van der Waals surface area contributed by atoms with Crippen molar-refractivity contribution in [2.45, 2.75) is 6.18 Å². The smallest absolute Gasteiger partial charge is 0.355 e. The van der Waals surface area contributed by atoms with Gasteiger partial charge in [0.2, 0.25) is 0 Å². The summed E-state index contributed by atoms with van der Waals surface area (Å²) >= 11 is 5.67. The van der Waals surface area contributed by atoms with Crippen molar-refractivity contribution in [3.05, 3.63) is 83.1 Å². The second-order valence-corrected chi connectivity index (χ2v) is 6.02. The number of hydrogen-bond donors (Lipinski definition) is 2. The summed E-state index contributed by atoms with van der Waals surface area (Å²) in [6.07, 6.45) is -1.54. The molecule has 0 radical (unpaired) electrons. The van der Waals surface area contributed by atoms with Crippen LogP contribution in [-0.2, 0) is 6.18 Å². The van der Waals surface area contributed by atoms with Crippen LogP contribution in [0.5, 0.6) is 0 Å². The number of pyridine rings is 1. The van der Waals surface area contributed by atoms with E-state index in [1.54, 1.807) is 42.6 Å². The Kier molecular flexibility index (Phi) is 5.32. The van der Waals surface area contributed by atoms with E-state index >= 15 is 0 Å². The van der Waals surface area contributed by atoms with Crippen molar-refractivity contribution in [2.24, 2.45) is 0 Å². The van der Waals surface area contributed by atoms with E-state index in [9.17, 15) is 18.0 Å². The first-order chi connectivity index (χ1) is 12.8. The molecule has 2 N–H and O–H groups in total. The molecule has 8 heteroatoms. The Morgan fingerprint density at radius 3 is 2.33 bits per heavy atom. The summed E-state index contributed by atoms with van der Waals surface area (Å²) in [6.45, 7) is 0. The minimum Gasteiger partial charge on any atom is -0.355 e. The number of halogens is 4. The van der Waals surface area contributed by atoms with Crippen LogP contribution in [0.25, 0.3) is 0 Å². The van der Waals surface area contributed by atoms with Crippen molar-refractivity contribution in [1.29, 1.82) is 0 Å². The van der Waals surface area contributed by atoms with Crippen LogP contribution in [0, 0.1) is 0 Å². The Labute approximate surface area is 158 Å². The van der Waals surface area contributed by atoms with Crippen LogP contribution in [0.15, 0.2) is 67.0 Å². The molecule has 0 saturated carbocycles. The van der Waals surface area contributed by atoms with Crippen LogP contribution >= 0.6 is 11.6 Å². The molecule has 3 rings (SSSR count). The summed E-state index contributed by atoms with van der Waals surface area (Å²) < 4.78 is 39.4. The average molecular weight is 392 g/mol. The third kappa shape index (κ3) is 4.77. The highest BCUT2D eigenvalue weighted by atomic mass is 35.5. The largest absolute Gasteiger partial charge is 0.418 e. The fourth-order valence-electron chi connectivity index (χ4n) is 2.35. The zero-order chi connectivity index (χ0) is 19.4. The van der Waals surface area contributed by atoms with Crippen LogP contribution in [0.1, 0.15) is 15.9 Å². The van der Waals surface area contributed by atoms with Crippen molar-refractivity contribution in [2.75, 3.05) is 10.6 Å². The van der Waals surface area contributed by atoms with Crippen molar-refractivity contribution in [3.63, 3.8) is 0 Å². The summed E-state index contributed by atoms with van der Waals surface area (Å²) in [7, 11) is 0.